The van der Waals surface area contributed by atoms with Crippen LogP contribution in [0.4, 0.5) is 18.9 Å². The lowest BCUT2D eigenvalue weighted by Crippen LogP contribution is -2.42. The van der Waals surface area contributed by atoms with Crippen LogP contribution >= 0.6 is 0 Å². The number of anilines is 1. The summed E-state index contributed by atoms with van der Waals surface area (Å²) >= 11 is 0. The van der Waals surface area contributed by atoms with Crippen molar-refractivity contribution in [3.63, 3.8) is 0 Å². The third kappa shape index (κ3) is 3.09. The largest absolute Gasteiger partial charge is 0.493 e. The first-order chi connectivity index (χ1) is 11.9. The third-order valence-corrected chi connectivity index (χ3v) is 6.07. The number of ether oxygens (including phenoxy) is 1. The maximum Gasteiger partial charge on any atom is 0.418 e. The molecule has 0 amide bonds. The molecule has 6 heteroatoms. The van der Waals surface area contributed by atoms with Crippen LogP contribution in [0.1, 0.15) is 49.1 Å². The second kappa shape index (κ2) is 6.38. The quantitative estimate of drug-likeness (QED) is 0.882. The summed E-state index contributed by atoms with van der Waals surface area (Å²) in [6.07, 6.45) is 1.14. The van der Waals surface area contributed by atoms with Gasteiger partial charge >= 0.3 is 6.18 Å². The fourth-order valence-corrected chi connectivity index (χ4v) is 4.79. The number of likely N-dealkylation sites (N-methyl/N-ethyl adjacent to an activating group) is 1. The number of nitrogens with zero attached hydrogens (tertiary/aromatic N) is 1. The second-order valence-corrected chi connectivity index (χ2v) is 7.65. The van der Waals surface area contributed by atoms with Gasteiger partial charge < -0.3 is 15.0 Å². The smallest absolute Gasteiger partial charge is 0.418 e. The Morgan fingerprint density at radius 1 is 1.20 bits per heavy atom. The van der Waals surface area contributed by atoms with Gasteiger partial charge in [-0.05, 0) is 49.4 Å². The Kier molecular flexibility index (Phi) is 4.34. The fraction of sp³-hybridized carbons (Fsp3) is 0.684. The van der Waals surface area contributed by atoms with Gasteiger partial charge in [0, 0.05) is 25.6 Å². The second-order valence-electron chi connectivity index (χ2n) is 7.65. The minimum atomic E-state index is -4.37. The molecule has 4 rings (SSSR count). The first-order valence-corrected chi connectivity index (χ1v) is 9.26. The molecule has 1 saturated heterocycles. The van der Waals surface area contributed by atoms with Crippen molar-refractivity contribution in [1.29, 1.82) is 0 Å². The minimum Gasteiger partial charge on any atom is -0.493 e. The van der Waals surface area contributed by atoms with Crippen molar-refractivity contribution in [2.45, 2.75) is 50.2 Å². The molecule has 1 aromatic rings. The van der Waals surface area contributed by atoms with Crippen molar-refractivity contribution < 1.29 is 17.9 Å². The minimum absolute atomic E-state index is 0.102. The van der Waals surface area contributed by atoms with E-state index < -0.39 is 11.7 Å². The molecule has 1 saturated carbocycles. The molecule has 3 nitrogen and oxygen atoms in total. The van der Waals surface area contributed by atoms with Gasteiger partial charge in [-0.15, -0.1) is 0 Å². The molecule has 1 aliphatic carbocycles. The van der Waals surface area contributed by atoms with Crippen molar-refractivity contribution in [2.75, 3.05) is 31.6 Å². The first-order valence-electron chi connectivity index (χ1n) is 9.26. The molecular weight excluding hydrogens is 329 g/mol. The molecular formula is C19H25F3N2O. The van der Waals surface area contributed by atoms with Crippen molar-refractivity contribution in [2.24, 2.45) is 5.92 Å². The number of halogens is 3. The molecule has 2 atom stereocenters. The number of hydrogen-bond donors (Lipinski definition) is 1. The summed E-state index contributed by atoms with van der Waals surface area (Å²) in [5.74, 6) is 0.955. The van der Waals surface area contributed by atoms with Gasteiger partial charge in [0.2, 0.25) is 0 Å². The highest BCUT2D eigenvalue weighted by Crippen LogP contribution is 2.50. The SMILES string of the molecule is CN1c2c(cc(OCC3CCCC3)cc2C(F)(F)F)[C@@H]2CNCC[C@@H]21. The van der Waals surface area contributed by atoms with Gasteiger partial charge in [0.05, 0.1) is 17.9 Å². The Bertz CT molecular complexity index is 640. The molecule has 0 radical (unpaired) electrons. The molecule has 2 fully saturated rings. The number of hydrogen-bond acceptors (Lipinski definition) is 3. The van der Waals surface area contributed by atoms with Crippen LogP contribution in [0.2, 0.25) is 0 Å². The molecule has 3 aliphatic rings. The Labute approximate surface area is 146 Å². The Morgan fingerprint density at radius 2 is 1.96 bits per heavy atom. The van der Waals surface area contributed by atoms with E-state index >= 15 is 0 Å². The Hall–Kier alpha value is -1.43. The average Bonchev–Trinajstić information content (AvgIpc) is 3.20. The van der Waals surface area contributed by atoms with E-state index in [4.69, 9.17) is 4.74 Å². The van der Waals surface area contributed by atoms with E-state index in [1.807, 2.05) is 11.0 Å². The summed E-state index contributed by atoms with van der Waals surface area (Å²) < 4.78 is 47.0. The summed E-state index contributed by atoms with van der Waals surface area (Å²) in [5, 5.41) is 3.32. The number of alkyl halides is 3. The van der Waals surface area contributed by atoms with E-state index in [0.29, 0.717) is 24.0 Å². The number of benzene rings is 1. The van der Waals surface area contributed by atoms with Gasteiger partial charge in [-0.3, -0.25) is 0 Å². The molecule has 138 valence electrons. The lowest BCUT2D eigenvalue weighted by atomic mass is 9.89. The Balaban J connectivity index is 1.68. The third-order valence-electron chi connectivity index (χ3n) is 6.07. The topological polar surface area (TPSA) is 24.5 Å². The zero-order valence-electron chi connectivity index (χ0n) is 14.5. The van der Waals surface area contributed by atoms with Crippen LogP contribution < -0.4 is 15.0 Å². The number of rotatable bonds is 3. The van der Waals surface area contributed by atoms with E-state index in [0.717, 1.165) is 37.9 Å². The monoisotopic (exact) mass is 354 g/mol. The van der Waals surface area contributed by atoms with Crippen LogP contribution in [0.15, 0.2) is 12.1 Å². The number of piperidine rings is 1. The maximum atomic E-state index is 13.7. The van der Waals surface area contributed by atoms with Gasteiger partial charge in [-0.25, -0.2) is 0 Å². The van der Waals surface area contributed by atoms with Crippen molar-refractivity contribution in [3.05, 3.63) is 23.3 Å². The van der Waals surface area contributed by atoms with Gasteiger partial charge in [0.1, 0.15) is 5.75 Å². The summed E-state index contributed by atoms with van der Waals surface area (Å²) in [6, 6.07) is 3.20. The van der Waals surface area contributed by atoms with Gasteiger partial charge in [0.25, 0.3) is 0 Å². The summed E-state index contributed by atoms with van der Waals surface area (Å²) in [6.45, 7) is 2.11. The molecule has 0 spiro atoms. The van der Waals surface area contributed by atoms with Crippen molar-refractivity contribution in [3.8, 4) is 5.75 Å². The zero-order valence-corrected chi connectivity index (χ0v) is 14.5. The molecule has 2 heterocycles. The van der Waals surface area contributed by atoms with E-state index in [2.05, 4.69) is 5.32 Å². The Morgan fingerprint density at radius 3 is 2.68 bits per heavy atom. The van der Waals surface area contributed by atoms with Crippen LogP contribution in [-0.4, -0.2) is 32.8 Å². The van der Waals surface area contributed by atoms with Gasteiger partial charge in [-0.1, -0.05) is 12.8 Å². The van der Waals surface area contributed by atoms with Gasteiger partial charge in [0.15, 0.2) is 0 Å². The maximum absolute atomic E-state index is 13.7. The number of nitrogens with one attached hydrogen (secondary N) is 1. The molecule has 2 aliphatic heterocycles. The van der Waals surface area contributed by atoms with E-state index in [-0.39, 0.29) is 12.0 Å². The highest BCUT2D eigenvalue weighted by Gasteiger charge is 2.45. The van der Waals surface area contributed by atoms with Crippen molar-refractivity contribution >= 4 is 5.69 Å². The summed E-state index contributed by atoms with van der Waals surface area (Å²) in [4.78, 5) is 1.84. The van der Waals surface area contributed by atoms with Crippen LogP contribution in [0, 0.1) is 5.92 Å². The lowest BCUT2D eigenvalue weighted by molar-refractivity contribution is -0.137. The highest BCUT2D eigenvalue weighted by atomic mass is 19.4. The number of fused-ring (bicyclic) bond motifs is 3. The van der Waals surface area contributed by atoms with Crippen LogP contribution in [0.3, 0.4) is 0 Å². The summed E-state index contributed by atoms with van der Waals surface area (Å²) in [5.41, 5.74) is 0.582. The highest BCUT2D eigenvalue weighted by molar-refractivity contribution is 5.69. The predicted octanol–water partition coefficient (Wildman–Crippen LogP) is 4.17. The molecule has 0 unspecified atom stereocenters. The predicted molar refractivity (Wildman–Crippen MR) is 91.3 cm³/mol. The summed E-state index contributed by atoms with van der Waals surface area (Å²) in [7, 11) is 1.79. The van der Waals surface area contributed by atoms with E-state index in [1.54, 1.807) is 7.05 Å². The molecule has 1 aromatic carbocycles. The van der Waals surface area contributed by atoms with E-state index in [9.17, 15) is 13.2 Å². The zero-order chi connectivity index (χ0) is 17.6. The fourth-order valence-electron chi connectivity index (χ4n) is 4.79. The normalized spacial score (nSPS) is 26.6. The molecule has 0 aromatic heterocycles. The molecule has 0 bridgehead atoms. The van der Waals surface area contributed by atoms with Crippen LogP contribution in [0.5, 0.6) is 5.75 Å². The van der Waals surface area contributed by atoms with Crippen LogP contribution in [0.25, 0.3) is 0 Å². The van der Waals surface area contributed by atoms with Crippen molar-refractivity contribution in [1.82, 2.24) is 5.32 Å². The molecule has 25 heavy (non-hydrogen) atoms. The van der Waals surface area contributed by atoms with Gasteiger partial charge in [-0.2, -0.15) is 13.2 Å². The first kappa shape index (κ1) is 17.0. The standard InChI is InChI=1S/C19H25F3N2O/c1-24-17-6-7-23-10-15(17)14-8-13(25-11-12-4-2-3-5-12)9-16(18(14)24)19(20,21)22/h8-9,12,15,17,23H,2-7,10-11H2,1H3/t15-,17-/m0/s1. The average molecular weight is 354 g/mol. The lowest BCUT2D eigenvalue weighted by Gasteiger charge is -2.31. The van der Waals surface area contributed by atoms with E-state index in [1.165, 1.54) is 18.9 Å². The molecule has 1 N–H and O–H groups in total. The van der Waals surface area contributed by atoms with Crippen LogP contribution in [-0.2, 0) is 6.18 Å².